The Morgan fingerprint density at radius 1 is 1.09 bits per heavy atom. The van der Waals surface area contributed by atoms with Crippen molar-refractivity contribution in [3.63, 3.8) is 0 Å². The summed E-state index contributed by atoms with van der Waals surface area (Å²) in [5.74, 6) is -2.90. The smallest absolute Gasteiger partial charge is 1.00 e. The zero-order valence-electron chi connectivity index (χ0n) is 21.0. The van der Waals surface area contributed by atoms with Crippen molar-refractivity contribution in [3.8, 4) is 0 Å². The Balaban J connectivity index is 0. The summed E-state index contributed by atoms with van der Waals surface area (Å²) < 4.78 is 0. The van der Waals surface area contributed by atoms with E-state index in [0.29, 0.717) is 24.3 Å². The molecule has 170 valence electrons. The number of anilines is 2. The number of nitrogens with two attached hydrogens (primary N) is 2. The minimum absolute atomic E-state index is 0. The van der Waals surface area contributed by atoms with Gasteiger partial charge in [0, 0.05) is 23.8 Å². The van der Waals surface area contributed by atoms with E-state index in [2.05, 4.69) is 26.8 Å². The van der Waals surface area contributed by atoms with Gasteiger partial charge in [-0.3, -0.25) is 4.79 Å². The Kier molecular flexibility index (Phi) is 11.2. The number of rotatable bonds is 9. The average Bonchev–Trinajstić information content (AvgIpc) is 3.14. The van der Waals surface area contributed by atoms with Crippen molar-refractivity contribution in [2.75, 3.05) is 11.5 Å². The van der Waals surface area contributed by atoms with Crippen molar-refractivity contribution < 1.29 is 86.6 Å². The molecule has 1 amide bonds. The second-order valence-electron chi connectivity index (χ2n) is 7.18. The fourth-order valence-corrected chi connectivity index (χ4v) is 3.22. The fourth-order valence-electron chi connectivity index (χ4n) is 3.22. The van der Waals surface area contributed by atoms with E-state index in [1.54, 1.807) is 30.5 Å². The number of aromatic amines is 1. The van der Waals surface area contributed by atoms with Crippen molar-refractivity contribution >= 4 is 40.6 Å². The zero-order chi connectivity index (χ0) is 23.4. The average molecular weight is 486 g/mol. The number of amides is 1. The van der Waals surface area contributed by atoms with Crippen molar-refractivity contribution in [2.45, 2.75) is 25.3 Å². The van der Waals surface area contributed by atoms with E-state index in [-0.39, 0.29) is 79.1 Å². The summed E-state index contributed by atoms with van der Waals surface area (Å²) in [5.41, 5.74) is 13.9. The van der Waals surface area contributed by atoms with Gasteiger partial charge in [-0.15, -0.1) is 0 Å². The first-order valence-corrected chi connectivity index (χ1v) is 9.58. The molecular weight excluding hydrogens is 462 g/mol. The van der Waals surface area contributed by atoms with Crippen LogP contribution in [0.25, 0.3) is 11.0 Å². The van der Waals surface area contributed by atoms with Crippen LogP contribution in [0.3, 0.4) is 0 Å². The number of carboxylic acids is 2. The molecule has 0 unspecified atom stereocenters. The number of hydrogen-bond donors (Lipinski definition) is 6. The number of aliphatic carboxylic acids is 2. The van der Waals surface area contributed by atoms with Gasteiger partial charge < -0.3 is 34.8 Å². The molecule has 0 fully saturated rings. The molecule has 0 aliphatic heterocycles. The number of carbonyl (C=O) groups excluding carboxylic acids is 1. The number of carboxylic acid groups (broad SMARTS) is 2. The van der Waals surface area contributed by atoms with Crippen LogP contribution in [-0.4, -0.2) is 49.1 Å². The molecule has 11 nitrogen and oxygen atoms in total. The molecule has 0 aliphatic rings. The molecule has 1 atom stereocenters. The molecule has 3 aromatic rings. The number of nitrogens with zero attached hydrogens (tertiary/aromatic N) is 2. The summed E-state index contributed by atoms with van der Waals surface area (Å²) in [7, 11) is 0. The molecule has 0 spiro atoms. The Labute approximate surface area is 242 Å². The number of carbonyl (C=O) groups is 3. The van der Waals surface area contributed by atoms with Crippen molar-refractivity contribution in [2.24, 2.45) is 0 Å². The maximum absolute atomic E-state index is 12.4. The molecule has 1 aromatic carbocycles. The number of aryl methyl sites for hydroxylation is 2. The largest absolute Gasteiger partial charge is 1.00 e. The normalized spacial score (nSPS) is 11.1. The van der Waals surface area contributed by atoms with Crippen molar-refractivity contribution in [1.29, 1.82) is 0 Å². The van der Waals surface area contributed by atoms with Gasteiger partial charge in [-0.2, -0.15) is 9.97 Å². The van der Waals surface area contributed by atoms with E-state index in [1.165, 1.54) is 0 Å². The molecule has 2 aromatic heterocycles. The van der Waals surface area contributed by atoms with E-state index in [1.807, 2.05) is 0 Å². The molecule has 2 heterocycles. The van der Waals surface area contributed by atoms with E-state index in [0.717, 1.165) is 16.5 Å². The summed E-state index contributed by atoms with van der Waals surface area (Å²) in [4.78, 5) is 45.7. The van der Waals surface area contributed by atoms with Crippen LogP contribution >= 0.6 is 0 Å². The summed E-state index contributed by atoms with van der Waals surface area (Å²) in [6.07, 6.45) is 2.68. The topological polar surface area (TPSA) is 197 Å². The SMILES string of the molecule is C=C(C[C@H](NC(=O)c1ccc(CCc2c[nH]c3nc(N)nc(N)c23)cc1)C(=O)O)C(=O)O.[H-].[H-].[Na+].[Na+]. The van der Waals surface area contributed by atoms with Crippen LogP contribution in [0.2, 0.25) is 0 Å². The first kappa shape index (κ1) is 29.6. The number of nitrogens with one attached hydrogen (secondary N) is 2. The summed E-state index contributed by atoms with van der Waals surface area (Å²) in [6.45, 7) is 3.30. The van der Waals surface area contributed by atoms with Crippen LogP contribution in [-0.2, 0) is 22.4 Å². The van der Waals surface area contributed by atoms with Crippen LogP contribution in [0.1, 0.15) is 30.8 Å². The monoisotopic (exact) mass is 486 g/mol. The molecule has 0 bridgehead atoms. The molecule has 3 rings (SSSR count). The van der Waals surface area contributed by atoms with E-state index in [9.17, 15) is 19.5 Å². The number of nitrogen functional groups attached to an aromatic ring is 2. The van der Waals surface area contributed by atoms with E-state index >= 15 is 0 Å². The first-order valence-electron chi connectivity index (χ1n) is 9.58. The van der Waals surface area contributed by atoms with Gasteiger partial charge in [-0.05, 0) is 36.1 Å². The third kappa shape index (κ3) is 7.29. The van der Waals surface area contributed by atoms with Gasteiger partial charge in [0.15, 0.2) is 0 Å². The molecule has 8 N–H and O–H groups in total. The Hall–Kier alpha value is -2.41. The molecule has 34 heavy (non-hydrogen) atoms. The second-order valence-corrected chi connectivity index (χ2v) is 7.18. The molecule has 0 radical (unpaired) electrons. The van der Waals surface area contributed by atoms with Crippen molar-refractivity contribution in [1.82, 2.24) is 20.3 Å². The van der Waals surface area contributed by atoms with Crippen molar-refractivity contribution in [3.05, 3.63) is 59.3 Å². The van der Waals surface area contributed by atoms with E-state index in [4.69, 9.17) is 16.6 Å². The Bertz CT molecular complexity index is 1220. The van der Waals surface area contributed by atoms with Gasteiger partial charge in [0.05, 0.1) is 5.39 Å². The van der Waals surface area contributed by atoms with E-state index < -0.39 is 30.3 Å². The third-order valence-corrected chi connectivity index (χ3v) is 4.91. The summed E-state index contributed by atoms with van der Waals surface area (Å²) in [5, 5.41) is 21.1. The van der Waals surface area contributed by atoms with Crippen LogP contribution in [0.15, 0.2) is 42.6 Å². The van der Waals surface area contributed by atoms with Crippen LogP contribution < -0.4 is 75.9 Å². The minimum atomic E-state index is -1.39. The molecule has 0 aliphatic carbocycles. The van der Waals surface area contributed by atoms with Crippen LogP contribution in [0, 0.1) is 0 Å². The zero-order valence-corrected chi connectivity index (χ0v) is 23.0. The van der Waals surface area contributed by atoms with Gasteiger partial charge in [0.2, 0.25) is 5.95 Å². The Morgan fingerprint density at radius 3 is 2.32 bits per heavy atom. The minimum Gasteiger partial charge on any atom is -1.00 e. The van der Waals surface area contributed by atoms with Gasteiger partial charge in [0.25, 0.3) is 5.91 Å². The van der Waals surface area contributed by atoms with Gasteiger partial charge in [-0.25, -0.2) is 9.59 Å². The standard InChI is InChI=1S/C21H22N6O5.2Na.2H/c1-10(19(29)30)8-14(20(31)32)25-18(28)12-5-2-11(3-6-12)4-7-13-9-24-17-15(13)16(22)26-21(23)27-17;;;;/h2-3,5-6,9,14H,1,4,7-8H2,(H,25,28)(H,29,30)(H,31,32)(H5,22,23,24,26,27);;;;/q;2*+1;2*-1/t14-;;;;/m0..../s1. The molecule has 0 saturated heterocycles. The van der Waals surface area contributed by atoms with Gasteiger partial charge >= 0.3 is 71.1 Å². The molecule has 0 saturated carbocycles. The third-order valence-electron chi connectivity index (χ3n) is 4.91. The van der Waals surface area contributed by atoms with Gasteiger partial charge in [0.1, 0.15) is 17.5 Å². The predicted octanol–water partition coefficient (Wildman–Crippen LogP) is -4.65. The maximum Gasteiger partial charge on any atom is 1.00 e. The second kappa shape index (κ2) is 12.9. The Morgan fingerprint density at radius 2 is 1.74 bits per heavy atom. The number of H-pyrrole nitrogens is 1. The molecule has 13 heteroatoms. The fraction of sp³-hybridized carbons (Fsp3) is 0.190. The van der Waals surface area contributed by atoms with Gasteiger partial charge in [-0.1, -0.05) is 18.7 Å². The van der Waals surface area contributed by atoms with Crippen LogP contribution in [0.5, 0.6) is 0 Å². The summed E-state index contributed by atoms with van der Waals surface area (Å²) >= 11 is 0. The maximum atomic E-state index is 12.4. The predicted molar refractivity (Wildman–Crippen MR) is 119 cm³/mol. The number of fused-ring (bicyclic) bond motifs is 1. The summed E-state index contributed by atoms with van der Waals surface area (Å²) in [6, 6.07) is 5.27. The first-order chi connectivity index (χ1) is 15.2. The quantitative estimate of drug-likeness (QED) is 0.127. The molecular formula is C21H24N6Na2O5. The number of aromatic nitrogens is 3. The number of hydrogen-bond acceptors (Lipinski definition) is 7. The van der Waals surface area contributed by atoms with Crippen LogP contribution in [0.4, 0.5) is 11.8 Å². The number of benzene rings is 1.